The number of aromatic amines is 1. The lowest BCUT2D eigenvalue weighted by molar-refractivity contribution is -0.00957. The molecule has 0 aliphatic heterocycles. The van der Waals surface area contributed by atoms with Gasteiger partial charge in [0.1, 0.15) is 17.5 Å². The zero-order valence-electron chi connectivity index (χ0n) is 19.1. The van der Waals surface area contributed by atoms with Gasteiger partial charge in [-0.3, -0.25) is 10.1 Å². The van der Waals surface area contributed by atoms with E-state index in [1.807, 2.05) is 37.3 Å². The van der Waals surface area contributed by atoms with Crippen molar-refractivity contribution >= 4 is 31.6 Å². The van der Waals surface area contributed by atoms with Crippen LogP contribution in [-0.2, 0) is 27.6 Å². The number of phenolic OH excluding ortho intramolecular Hbond substituents is 1. The first kappa shape index (κ1) is 25.4. The molecule has 0 spiro atoms. The second-order valence-electron chi connectivity index (χ2n) is 8.01. The molecule has 0 saturated carbocycles. The van der Waals surface area contributed by atoms with Crippen molar-refractivity contribution in [3.63, 3.8) is 0 Å². The van der Waals surface area contributed by atoms with Crippen LogP contribution in [-0.4, -0.2) is 49.7 Å². The average Bonchev–Trinajstić information content (AvgIpc) is 3.13. The topological polar surface area (TPSA) is 121 Å². The molecule has 2 aromatic carbocycles. The lowest BCUT2D eigenvalue weighted by Gasteiger charge is -2.24. The molecule has 0 bridgehead atoms. The third-order valence-corrected chi connectivity index (χ3v) is 7.88. The predicted octanol–water partition coefficient (Wildman–Crippen LogP) is 2.65. The highest BCUT2D eigenvalue weighted by atomic mass is 32.2. The molecule has 3 rings (SSSR count). The molecule has 0 radical (unpaired) electrons. The van der Waals surface area contributed by atoms with E-state index in [0.29, 0.717) is 31.4 Å². The van der Waals surface area contributed by atoms with Gasteiger partial charge in [0.25, 0.3) is 0 Å². The Kier molecular flexibility index (Phi) is 8.66. The number of nitrogens with one attached hydrogen (secondary N) is 3. The second-order valence-corrected chi connectivity index (χ2v) is 10.8. The van der Waals surface area contributed by atoms with Gasteiger partial charge in [0, 0.05) is 19.5 Å². The second kappa shape index (κ2) is 11.3. The third-order valence-electron chi connectivity index (χ3n) is 5.29. The fourth-order valence-corrected chi connectivity index (χ4v) is 5.90. The number of fused-ring (bicyclic) bond motifs is 1. The zero-order chi connectivity index (χ0) is 24.0. The number of rotatable bonds is 12. The highest BCUT2D eigenvalue weighted by molar-refractivity contribution is 7.89. The Hall–Kier alpha value is -2.24. The Labute approximate surface area is 198 Å². The standard InChI is InChI=1S/C23H31N3O5S2/c1-4-25-33(29,30)14-16(3)31-20(13-18-8-6-5-7-15(18)2)24-12-11-17-9-10-19(27)21-22(17)32-23(28)26-21/h5-10,16,20,24-25,27H,4,11-14H2,1-3H3,(H,26,28). The Morgan fingerprint density at radius 2 is 1.94 bits per heavy atom. The molecule has 1 aromatic heterocycles. The van der Waals surface area contributed by atoms with Crippen molar-refractivity contribution in [1.82, 2.24) is 15.0 Å². The summed E-state index contributed by atoms with van der Waals surface area (Å²) in [6, 6.07) is 11.4. The summed E-state index contributed by atoms with van der Waals surface area (Å²) in [6.45, 7) is 6.42. The van der Waals surface area contributed by atoms with Crippen LogP contribution in [0, 0.1) is 6.92 Å². The summed E-state index contributed by atoms with van der Waals surface area (Å²) in [5.74, 6) is -0.0700. The monoisotopic (exact) mass is 493 g/mol. The largest absolute Gasteiger partial charge is 0.506 e. The minimum Gasteiger partial charge on any atom is -0.506 e. The van der Waals surface area contributed by atoms with Gasteiger partial charge in [0.15, 0.2) is 0 Å². The average molecular weight is 494 g/mol. The molecule has 0 amide bonds. The van der Waals surface area contributed by atoms with Crippen LogP contribution in [0.3, 0.4) is 0 Å². The van der Waals surface area contributed by atoms with E-state index in [1.54, 1.807) is 19.9 Å². The van der Waals surface area contributed by atoms with Crippen molar-refractivity contribution < 1.29 is 18.3 Å². The number of hydrogen-bond acceptors (Lipinski definition) is 7. The summed E-state index contributed by atoms with van der Waals surface area (Å²) >= 11 is 1.07. The number of aromatic nitrogens is 1. The number of sulfonamides is 1. The lowest BCUT2D eigenvalue weighted by atomic mass is 10.0. The van der Waals surface area contributed by atoms with Gasteiger partial charge in [-0.1, -0.05) is 48.6 Å². The van der Waals surface area contributed by atoms with E-state index in [1.165, 1.54) is 0 Å². The molecule has 0 aliphatic rings. The van der Waals surface area contributed by atoms with E-state index in [-0.39, 0.29) is 16.4 Å². The van der Waals surface area contributed by atoms with Gasteiger partial charge in [-0.2, -0.15) is 0 Å². The number of H-pyrrole nitrogens is 1. The number of aryl methyl sites for hydroxylation is 1. The fraction of sp³-hybridized carbons (Fsp3) is 0.435. The van der Waals surface area contributed by atoms with Crippen molar-refractivity contribution in [3.05, 3.63) is 62.8 Å². The van der Waals surface area contributed by atoms with Crippen molar-refractivity contribution in [2.75, 3.05) is 18.8 Å². The molecule has 4 N–H and O–H groups in total. The summed E-state index contributed by atoms with van der Waals surface area (Å²) in [6.07, 6.45) is 0.296. The van der Waals surface area contributed by atoms with E-state index in [9.17, 15) is 18.3 Å². The molecular formula is C23H31N3O5S2. The Bertz CT molecular complexity index is 1240. The smallest absolute Gasteiger partial charge is 0.305 e. The molecule has 8 nitrogen and oxygen atoms in total. The molecule has 10 heteroatoms. The first-order valence-electron chi connectivity index (χ1n) is 10.9. The molecule has 3 aromatic rings. The summed E-state index contributed by atoms with van der Waals surface area (Å²) < 4.78 is 33.6. The number of aromatic hydroxyl groups is 1. The highest BCUT2D eigenvalue weighted by Gasteiger charge is 2.20. The van der Waals surface area contributed by atoms with Crippen LogP contribution in [0.1, 0.15) is 30.5 Å². The molecule has 0 saturated heterocycles. The van der Waals surface area contributed by atoms with Crippen LogP contribution in [0.25, 0.3) is 10.2 Å². The molecule has 180 valence electrons. The van der Waals surface area contributed by atoms with Crippen molar-refractivity contribution in [2.45, 2.75) is 45.9 Å². The molecule has 33 heavy (non-hydrogen) atoms. The van der Waals surface area contributed by atoms with Crippen LogP contribution < -0.4 is 14.9 Å². The lowest BCUT2D eigenvalue weighted by Crippen LogP contribution is -2.41. The first-order chi connectivity index (χ1) is 15.7. The van der Waals surface area contributed by atoms with E-state index >= 15 is 0 Å². The van der Waals surface area contributed by atoms with E-state index < -0.39 is 22.4 Å². The fourth-order valence-electron chi connectivity index (χ4n) is 3.75. The van der Waals surface area contributed by atoms with Crippen LogP contribution in [0.5, 0.6) is 5.75 Å². The van der Waals surface area contributed by atoms with Gasteiger partial charge >= 0.3 is 4.87 Å². The predicted molar refractivity (Wildman–Crippen MR) is 132 cm³/mol. The Morgan fingerprint density at radius 1 is 1.18 bits per heavy atom. The third kappa shape index (κ3) is 7.12. The molecule has 0 aliphatic carbocycles. The number of benzene rings is 2. The van der Waals surface area contributed by atoms with Gasteiger partial charge in [0.05, 0.1) is 16.6 Å². The zero-order valence-corrected chi connectivity index (χ0v) is 20.7. The van der Waals surface area contributed by atoms with Gasteiger partial charge < -0.3 is 14.8 Å². The summed E-state index contributed by atoms with van der Waals surface area (Å²) in [5.41, 5.74) is 3.65. The summed E-state index contributed by atoms with van der Waals surface area (Å²) in [7, 11) is -3.41. The van der Waals surface area contributed by atoms with Crippen LogP contribution in [0.4, 0.5) is 0 Å². The van der Waals surface area contributed by atoms with Gasteiger partial charge in [0.2, 0.25) is 10.0 Å². The Balaban J connectivity index is 1.70. The molecule has 2 unspecified atom stereocenters. The minimum absolute atomic E-state index is 0.0524. The maximum atomic E-state index is 12.1. The van der Waals surface area contributed by atoms with E-state index in [2.05, 4.69) is 15.0 Å². The molecule has 0 fully saturated rings. The first-order valence-corrected chi connectivity index (χ1v) is 13.4. The minimum atomic E-state index is -3.41. The van der Waals surface area contributed by atoms with Crippen molar-refractivity contribution in [2.24, 2.45) is 0 Å². The molecule has 2 atom stereocenters. The Morgan fingerprint density at radius 3 is 2.67 bits per heavy atom. The summed E-state index contributed by atoms with van der Waals surface area (Å²) in [5, 5.41) is 13.4. The van der Waals surface area contributed by atoms with Gasteiger partial charge in [-0.05, 0) is 43.0 Å². The van der Waals surface area contributed by atoms with Gasteiger partial charge in [-0.25, -0.2) is 13.1 Å². The maximum absolute atomic E-state index is 12.1. The molecular weight excluding hydrogens is 462 g/mol. The highest BCUT2D eigenvalue weighted by Crippen LogP contribution is 2.28. The normalized spacial score (nSPS) is 13.9. The van der Waals surface area contributed by atoms with Crippen LogP contribution >= 0.6 is 11.3 Å². The maximum Gasteiger partial charge on any atom is 0.305 e. The van der Waals surface area contributed by atoms with Crippen molar-refractivity contribution in [3.8, 4) is 5.75 Å². The SMILES string of the molecule is CCNS(=O)(=O)CC(C)OC(Cc1ccccc1C)NCCc1ccc(O)c2[nH]c(=O)sc12. The summed E-state index contributed by atoms with van der Waals surface area (Å²) in [4.78, 5) is 14.2. The van der Waals surface area contributed by atoms with Gasteiger partial charge in [-0.15, -0.1) is 0 Å². The van der Waals surface area contributed by atoms with E-state index in [4.69, 9.17) is 4.74 Å². The van der Waals surface area contributed by atoms with Crippen LogP contribution in [0.2, 0.25) is 0 Å². The van der Waals surface area contributed by atoms with Crippen LogP contribution in [0.15, 0.2) is 41.2 Å². The number of hydrogen-bond donors (Lipinski definition) is 4. The van der Waals surface area contributed by atoms with Crippen molar-refractivity contribution in [1.29, 1.82) is 0 Å². The number of ether oxygens (including phenoxy) is 1. The van der Waals surface area contributed by atoms with E-state index in [0.717, 1.165) is 32.7 Å². The number of phenols is 1. The quantitative estimate of drug-likeness (QED) is 0.288. The number of thiazole rings is 1. The molecule has 1 heterocycles.